The van der Waals surface area contributed by atoms with Crippen LogP contribution >= 0.6 is 46.4 Å². The van der Waals surface area contributed by atoms with E-state index in [9.17, 15) is 10.1 Å². The predicted molar refractivity (Wildman–Crippen MR) is 113 cm³/mol. The van der Waals surface area contributed by atoms with E-state index in [1.807, 2.05) is 6.07 Å². The van der Waals surface area contributed by atoms with Crippen molar-refractivity contribution in [2.75, 3.05) is 5.32 Å². The van der Waals surface area contributed by atoms with Crippen molar-refractivity contribution in [3.63, 3.8) is 0 Å². The number of amides is 1. The van der Waals surface area contributed by atoms with Gasteiger partial charge in [0.25, 0.3) is 5.91 Å². The summed E-state index contributed by atoms with van der Waals surface area (Å²) >= 11 is 24.3. The van der Waals surface area contributed by atoms with E-state index in [0.717, 1.165) is 0 Å². The van der Waals surface area contributed by atoms with Crippen LogP contribution < -0.4 is 5.32 Å². The van der Waals surface area contributed by atoms with Gasteiger partial charge in [-0.25, -0.2) is 0 Å². The van der Waals surface area contributed by atoms with Crippen LogP contribution in [0.3, 0.4) is 0 Å². The van der Waals surface area contributed by atoms with Gasteiger partial charge in [0.15, 0.2) is 0 Å². The molecule has 1 heterocycles. The van der Waals surface area contributed by atoms with Crippen LogP contribution in [0.1, 0.15) is 5.76 Å². The zero-order valence-electron chi connectivity index (χ0n) is 14.0. The first-order chi connectivity index (χ1) is 13.4. The molecule has 1 N–H and O–H groups in total. The maximum Gasteiger partial charge on any atom is 0.266 e. The Morgan fingerprint density at radius 1 is 1.00 bits per heavy atom. The maximum absolute atomic E-state index is 12.4. The second kappa shape index (κ2) is 8.72. The monoisotopic (exact) mass is 450 g/mol. The van der Waals surface area contributed by atoms with Gasteiger partial charge in [-0.3, -0.25) is 4.79 Å². The molecule has 1 aromatic heterocycles. The molecule has 2 aromatic carbocycles. The fourth-order valence-electron chi connectivity index (χ4n) is 2.37. The summed E-state index contributed by atoms with van der Waals surface area (Å²) in [5.41, 5.74) is 0.643. The normalized spacial score (nSPS) is 11.2. The van der Waals surface area contributed by atoms with E-state index < -0.39 is 5.91 Å². The van der Waals surface area contributed by atoms with Crippen molar-refractivity contribution >= 4 is 64.1 Å². The lowest BCUT2D eigenvalue weighted by molar-refractivity contribution is -0.112. The summed E-state index contributed by atoms with van der Waals surface area (Å²) in [6.45, 7) is 0. The Morgan fingerprint density at radius 3 is 2.39 bits per heavy atom. The number of nitrogens with one attached hydrogen (secondary N) is 1. The molecule has 0 aliphatic heterocycles. The summed E-state index contributed by atoms with van der Waals surface area (Å²) in [7, 11) is 0. The minimum atomic E-state index is -0.652. The minimum Gasteiger partial charge on any atom is -0.457 e. The van der Waals surface area contributed by atoms with Crippen molar-refractivity contribution in [2.45, 2.75) is 0 Å². The molecule has 0 bridgehead atoms. The van der Waals surface area contributed by atoms with Crippen LogP contribution in [0, 0.1) is 11.3 Å². The molecule has 0 fully saturated rings. The van der Waals surface area contributed by atoms with Gasteiger partial charge in [-0.2, -0.15) is 5.26 Å². The largest absolute Gasteiger partial charge is 0.457 e. The molecule has 140 valence electrons. The van der Waals surface area contributed by atoms with Crippen molar-refractivity contribution in [1.82, 2.24) is 0 Å². The molecule has 4 nitrogen and oxygen atoms in total. The van der Waals surface area contributed by atoms with Crippen LogP contribution in [-0.4, -0.2) is 5.91 Å². The molecule has 28 heavy (non-hydrogen) atoms. The molecule has 3 rings (SSSR count). The van der Waals surface area contributed by atoms with Crippen molar-refractivity contribution < 1.29 is 9.21 Å². The highest BCUT2D eigenvalue weighted by atomic mass is 35.5. The number of hydrogen-bond acceptors (Lipinski definition) is 3. The van der Waals surface area contributed by atoms with E-state index in [4.69, 9.17) is 50.8 Å². The van der Waals surface area contributed by atoms with Crippen LogP contribution in [0.15, 0.2) is 58.5 Å². The third-order valence-corrected chi connectivity index (χ3v) is 4.86. The second-order valence-electron chi connectivity index (χ2n) is 5.55. The number of rotatable bonds is 4. The molecule has 0 aliphatic rings. The quantitative estimate of drug-likeness (QED) is 0.339. The lowest BCUT2D eigenvalue weighted by atomic mass is 10.2. The third-order valence-electron chi connectivity index (χ3n) is 3.66. The van der Waals surface area contributed by atoms with E-state index >= 15 is 0 Å². The number of benzene rings is 2. The van der Waals surface area contributed by atoms with Gasteiger partial charge in [-0.15, -0.1) is 0 Å². The number of anilines is 1. The summed E-state index contributed by atoms with van der Waals surface area (Å²) < 4.78 is 5.68. The highest BCUT2D eigenvalue weighted by molar-refractivity contribution is 6.39. The molecule has 0 radical (unpaired) electrons. The van der Waals surface area contributed by atoms with Crippen LogP contribution in [0.4, 0.5) is 5.69 Å². The maximum atomic E-state index is 12.4. The molecule has 0 aliphatic carbocycles. The first-order valence-electron chi connectivity index (χ1n) is 7.81. The van der Waals surface area contributed by atoms with Crippen LogP contribution in [0.2, 0.25) is 20.1 Å². The molecule has 0 spiro atoms. The van der Waals surface area contributed by atoms with Gasteiger partial charge in [0.05, 0.1) is 26.3 Å². The summed E-state index contributed by atoms with van der Waals surface area (Å²) in [4.78, 5) is 12.4. The standard InChI is InChI=1S/C20H10Cl4N2O2/c21-12-4-6-14(22)17(9-12)26-20(27)11(10-25)8-13-5-7-18(28-13)19-15(23)2-1-3-16(19)24/h1-9H,(H,26,27)/b11-8+. The van der Waals surface area contributed by atoms with E-state index in [1.54, 1.807) is 42.5 Å². The highest BCUT2D eigenvalue weighted by Gasteiger charge is 2.15. The first-order valence-corrected chi connectivity index (χ1v) is 9.32. The zero-order valence-corrected chi connectivity index (χ0v) is 17.0. The Bertz CT molecular complexity index is 1110. The van der Waals surface area contributed by atoms with E-state index in [1.165, 1.54) is 12.1 Å². The van der Waals surface area contributed by atoms with E-state index in [-0.39, 0.29) is 11.3 Å². The van der Waals surface area contributed by atoms with Gasteiger partial charge in [0.1, 0.15) is 23.2 Å². The van der Waals surface area contributed by atoms with Gasteiger partial charge in [0.2, 0.25) is 0 Å². The zero-order chi connectivity index (χ0) is 20.3. The van der Waals surface area contributed by atoms with Gasteiger partial charge in [-0.1, -0.05) is 52.5 Å². The fourth-order valence-corrected chi connectivity index (χ4v) is 3.29. The molecular weight excluding hydrogens is 442 g/mol. The Balaban J connectivity index is 1.87. The smallest absolute Gasteiger partial charge is 0.266 e. The number of carbonyl (C=O) groups is 1. The Labute approximate surface area is 180 Å². The van der Waals surface area contributed by atoms with E-state index in [0.29, 0.717) is 37.1 Å². The van der Waals surface area contributed by atoms with Crippen molar-refractivity contribution in [3.05, 3.63) is 80.0 Å². The van der Waals surface area contributed by atoms with Crippen molar-refractivity contribution in [1.29, 1.82) is 5.26 Å². The first kappa shape index (κ1) is 20.3. The van der Waals surface area contributed by atoms with Crippen LogP contribution in [0.5, 0.6) is 0 Å². The van der Waals surface area contributed by atoms with Crippen LogP contribution in [0.25, 0.3) is 17.4 Å². The number of carbonyl (C=O) groups excluding carboxylic acids is 1. The Kier molecular flexibility index (Phi) is 6.33. The van der Waals surface area contributed by atoms with Gasteiger partial charge >= 0.3 is 0 Å². The predicted octanol–water partition coefficient (Wildman–Crippen LogP) is 7.11. The average Bonchev–Trinajstić information content (AvgIpc) is 3.10. The lowest BCUT2D eigenvalue weighted by Gasteiger charge is -2.06. The fraction of sp³-hybridized carbons (Fsp3) is 0. The summed E-state index contributed by atoms with van der Waals surface area (Å²) in [5.74, 6) is 0.0488. The number of nitrogens with zero attached hydrogens (tertiary/aromatic N) is 1. The third kappa shape index (κ3) is 4.52. The minimum absolute atomic E-state index is 0.179. The second-order valence-corrected chi connectivity index (χ2v) is 7.20. The summed E-state index contributed by atoms with van der Waals surface area (Å²) in [6.07, 6.45) is 1.31. The summed E-state index contributed by atoms with van der Waals surface area (Å²) in [6, 6.07) is 14.8. The lowest BCUT2D eigenvalue weighted by Crippen LogP contribution is -2.13. The molecule has 0 saturated heterocycles. The number of halogens is 4. The highest BCUT2D eigenvalue weighted by Crippen LogP contribution is 2.36. The van der Waals surface area contributed by atoms with Crippen molar-refractivity contribution in [2.24, 2.45) is 0 Å². The van der Waals surface area contributed by atoms with E-state index in [2.05, 4.69) is 5.32 Å². The molecule has 8 heteroatoms. The van der Waals surface area contributed by atoms with Gasteiger partial charge < -0.3 is 9.73 Å². The average molecular weight is 452 g/mol. The SMILES string of the molecule is N#C/C(=C\c1ccc(-c2c(Cl)cccc2Cl)o1)C(=O)Nc1cc(Cl)ccc1Cl. The number of furan rings is 1. The number of hydrogen-bond donors (Lipinski definition) is 1. The molecule has 3 aromatic rings. The topological polar surface area (TPSA) is 66.0 Å². The molecule has 0 atom stereocenters. The summed E-state index contributed by atoms with van der Waals surface area (Å²) in [5, 5.41) is 13.4. The van der Waals surface area contributed by atoms with Gasteiger partial charge in [-0.05, 0) is 42.5 Å². The Morgan fingerprint density at radius 2 is 1.71 bits per heavy atom. The van der Waals surface area contributed by atoms with Crippen LogP contribution in [-0.2, 0) is 4.79 Å². The van der Waals surface area contributed by atoms with Crippen molar-refractivity contribution in [3.8, 4) is 17.4 Å². The number of nitriles is 1. The molecule has 0 unspecified atom stereocenters. The van der Waals surface area contributed by atoms with Gasteiger partial charge in [0, 0.05) is 11.1 Å². The molecular formula is C20H10Cl4N2O2. The molecule has 0 saturated carbocycles. The Hall–Kier alpha value is -2.42. The molecule has 1 amide bonds.